The van der Waals surface area contributed by atoms with E-state index in [2.05, 4.69) is 4.98 Å². The van der Waals surface area contributed by atoms with Crippen LogP contribution < -0.4 is 0 Å². The van der Waals surface area contributed by atoms with Crippen molar-refractivity contribution in [2.45, 2.75) is 6.10 Å². The van der Waals surface area contributed by atoms with Gasteiger partial charge in [-0.05, 0) is 11.6 Å². The third-order valence-corrected chi connectivity index (χ3v) is 3.60. The SMILES string of the molecule is O=COC(c1ccccc1)c1cc(Cl)c(Cl)c(Cl)n1. The second kappa shape index (κ2) is 6.24. The van der Waals surface area contributed by atoms with Crippen LogP contribution in [0.1, 0.15) is 17.4 Å². The molecule has 0 aliphatic rings. The minimum absolute atomic E-state index is 0.0691. The van der Waals surface area contributed by atoms with Crippen molar-refractivity contribution in [3.8, 4) is 0 Å². The van der Waals surface area contributed by atoms with Crippen molar-refractivity contribution in [3.05, 3.63) is 62.9 Å². The lowest BCUT2D eigenvalue weighted by atomic mass is 10.1. The maximum Gasteiger partial charge on any atom is 0.294 e. The quantitative estimate of drug-likeness (QED) is 0.623. The average Bonchev–Trinajstić information content (AvgIpc) is 2.42. The van der Waals surface area contributed by atoms with Crippen molar-refractivity contribution in [1.82, 2.24) is 4.98 Å². The second-order valence-electron chi connectivity index (χ2n) is 3.66. The normalized spacial score (nSPS) is 11.9. The molecule has 19 heavy (non-hydrogen) atoms. The molecule has 3 nitrogen and oxygen atoms in total. The Morgan fingerprint density at radius 3 is 2.42 bits per heavy atom. The molecule has 0 fully saturated rings. The van der Waals surface area contributed by atoms with E-state index in [1.807, 2.05) is 30.3 Å². The summed E-state index contributed by atoms with van der Waals surface area (Å²) in [4.78, 5) is 14.8. The highest BCUT2D eigenvalue weighted by molar-refractivity contribution is 6.47. The average molecular weight is 317 g/mol. The molecular formula is C13H8Cl3NO2. The zero-order chi connectivity index (χ0) is 13.8. The number of hydrogen-bond donors (Lipinski definition) is 0. The van der Waals surface area contributed by atoms with Gasteiger partial charge in [-0.2, -0.15) is 0 Å². The first kappa shape index (κ1) is 14.1. The van der Waals surface area contributed by atoms with Gasteiger partial charge in [0.1, 0.15) is 5.15 Å². The second-order valence-corrected chi connectivity index (χ2v) is 4.80. The van der Waals surface area contributed by atoms with E-state index in [4.69, 9.17) is 39.5 Å². The molecule has 0 saturated heterocycles. The third-order valence-electron chi connectivity index (χ3n) is 2.46. The van der Waals surface area contributed by atoms with Crippen LogP contribution in [0.2, 0.25) is 15.2 Å². The van der Waals surface area contributed by atoms with Crippen LogP contribution in [0.25, 0.3) is 0 Å². The topological polar surface area (TPSA) is 39.2 Å². The van der Waals surface area contributed by atoms with Crippen LogP contribution in [0.4, 0.5) is 0 Å². The fourth-order valence-electron chi connectivity index (χ4n) is 1.62. The Bertz CT molecular complexity index is 567. The molecule has 0 bridgehead atoms. The van der Waals surface area contributed by atoms with E-state index in [0.717, 1.165) is 5.56 Å². The van der Waals surface area contributed by atoms with Crippen molar-refractivity contribution in [2.75, 3.05) is 0 Å². The highest BCUT2D eigenvalue weighted by atomic mass is 35.5. The fraction of sp³-hybridized carbons (Fsp3) is 0.0769. The van der Waals surface area contributed by atoms with Gasteiger partial charge in [0.15, 0.2) is 6.10 Å². The molecule has 1 aromatic carbocycles. The summed E-state index contributed by atoms with van der Waals surface area (Å²) < 4.78 is 5.06. The molecule has 6 heteroatoms. The maximum absolute atomic E-state index is 10.7. The lowest BCUT2D eigenvalue weighted by Gasteiger charge is -2.16. The molecule has 2 rings (SSSR count). The smallest absolute Gasteiger partial charge is 0.294 e. The fourth-order valence-corrected chi connectivity index (χ4v) is 2.17. The number of halogens is 3. The number of nitrogens with zero attached hydrogens (tertiary/aromatic N) is 1. The number of aromatic nitrogens is 1. The predicted molar refractivity (Wildman–Crippen MR) is 74.7 cm³/mol. The monoisotopic (exact) mass is 315 g/mol. The first-order valence-corrected chi connectivity index (χ1v) is 6.42. The Morgan fingerprint density at radius 2 is 1.84 bits per heavy atom. The van der Waals surface area contributed by atoms with Gasteiger partial charge in [0.05, 0.1) is 15.7 Å². The molecule has 0 aliphatic heterocycles. The summed E-state index contributed by atoms with van der Waals surface area (Å²) in [5.74, 6) is 0. The molecule has 0 saturated carbocycles. The van der Waals surface area contributed by atoms with E-state index in [1.54, 1.807) is 0 Å². The first-order valence-electron chi connectivity index (χ1n) is 5.29. The van der Waals surface area contributed by atoms with Gasteiger partial charge < -0.3 is 4.74 Å². The minimum Gasteiger partial charge on any atom is -0.453 e. The zero-order valence-electron chi connectivity index (χ0n) is 9.52. The maximum atomic E-state index is 10.7. The molecule has 2 aromatic rings. The largest absolute Gasteiger partial charge is 0.453 e. The predicted octanol–water partition coefficient (Wildman–Crippen LogP) is 4.30. The van der Waals surface area contributed by atoms with Crippen molar-refractivity contribution in [3.63, 3.8) is 0 Å². The molecule has 1 atom stereocenters. The van der Waals surface area contributed by atoms with Crippen LogP contribution in [0, 0.1) is 0 Å². The molecule has 1 aromatic heterocycles. The van der Waals surface area contributed by atoms with Crippen molar-refractivity contribution >= 4 is 41.3 Å². The van der Waals surface area contributed by atoms with Gasteiger partial charge in [0.25, 0.3) is 6.47 Å². The Labute approximate surface area is 125 Å². The molecule has 0 spiro atoms. The van der Waals surface area contributed by atoms with Crippen LogP contribution in [0.15, 0.2) is 36.4 Å². The van der Waals surface area contributed by atoms with E-state index in [-0.39, 0.29) is 15.2 Å². The van der Waals surface area contributed by atoms with E-state index in [1.165, 1.54) is 6.07 Å². The van der Waals surface area contributed by atoms with Crippen LogP contribution >= 0.6 is 34.8 Å². The Hall–Kier alpha value is -1.29. The number of hydrogen-bond acceptors (Lipinski definition) is 3. The van der Waals surface area contributed by atoms with E-state index < -0.39 is 6.10 Å². The van der Waals surface area contributed by atoms with Gasteiger partial charge in [-0.3, -0.25) is 4.79 Å². The number of pyridine rings is 1. The van der Waals surface area contributed by atoms with Crippen molar-refractivity contribution in [2.24, 2.45) is 0 Å². The van der Waals surface area contributed by atoms with Gasteiger partial charge in [-0.1, -0.05) is 65.1 Å². The van der Waals surface area contributed by atoms with Gasteiger partial charge in [-0.15, -0.1) is 0 Å². The molecule has 0 amide bonds. The number of ether oxygens (including phenoxy) is 1. The Morgan fingerprint density at radius 1 is 1.16 bits per heavy atom. The summed E-state index contributed by atoms with van der Waals surface area (Å²) in [6.45, 7) is 0.357. The number of carbonyl (C=O) groups is 1. The molecule has 1 heterocycles. The Balaban J connectivity index is 2.48. The summed E-state index contributed by atoms with van der Waals surface area (Å²) in [5.41, 5.74) is 1.18. The van der Waals surface area contributed by atoms with Crippen LogP contribution in [0.3, 0.4) is 0 Å². The van der Waals surface area contributed by atoms with Gasteiger partial charge in [0, 0.05) is 0 Å². The summed E-state index contributed by atoms with van der Waals surface area (Å²) in [5, 5.41) is 0.497. The third kappa shape index (κ3) is 3.18. The first-order chi connectivity index (χ1) is 9.13. The standard InChI is InChI=1S/C13H8Cl3NO2/c14-9-6-10(17-13(16)11(9)15)12(19-7-18)8-4-2-1-3-5-8/h1-7,12H. The highest BCUT2D eigenvalue weighted by Crippen LogP contribution is 2.33. The van der Waals surface area contributed by atoms with Crippen molar-refractivity contribution in [1.29, 1.82) is 0 Å². The van der Waals surface area contributed by atoms with Crippen LogP contribution in [-0.4, -0.2) is 11.5 Å². The Kier molecular flexibility index (Phi) is 4.64. The van der Waals surface area contributed by atoms with Gasteiger partial charge >= 0.3 is 0 Å². The number of rotatable bonds is 4. The molecule has 98 valence electrons. The summed E-state index contributed by atoms with van der Waals surface area (Å²) in [7, 11) is 0. The lowest BCUT2D eigenvalue weighted by Crippen LogP contribution is -2.07. The van der Waals surface area contributed by atoms with Gasteiger partial charge in [0.2, 0.25) is 0 Å². The summed E-state index contributed by atoms with van der Waals surface area (Å²) >= 11 is 17.7. The molecule has 0 N–H and O–H groups in total. The molecule has 0 radical (unpaired) electrons. The van der Waals surface area contributed by atoms with Crippen LogP contribution in [-0.2, 0) is 9.53 Å². The lowest BCUT2D eigenvalue weighted by molar-refractivity contribution is -0.132. The number of benzene rings is 1. The minimum atomic E-state index is -0.675. The summed E-state index contributed by atoms with van der Waals surface area (Å²) in [6, 6.07) is 10.7. The zero-order valence-corrected chi connectivity index (χ0v) is 11.8. The van der Waals surface area contributed by atoms with E-state index in [9.17, 15) is 4.79 Å². The molecule has 1 unspecified atom stereocenters. The van der Waals surface area contributed by atoms with E-state index in [0.29, 0.717) is 12.2 Å². The highest BCUT2D eigenvalue weighted by Gasteiger charge is 2.19. The van der Waals surface area contributed by atoms with Crippen molar-refractivity contribution < 1.29 is 9.53 Å². The number of carbonyl (C=O) groups excluding carboxylic acids is 1. The van der Waals surface area contributed by atoms with E-state index >= 15 is 0 Å². The summed E-state index contributed by atoms with van der Waals surface area (Å²) in [6.07, 6.45) is -0.675. The van der Waals surface area contributed by atoms with Gasteiger partial charge in [-0.25, -0.2) is 4.98 Å². The molecular weight excluding hydrogens is 309 g/mol. The van der Waals surface area contributed by atoms with Crippen LogP contribution in [0.5, 0.6) is 0 Å². The molecule has 0 aliphatic carbocycles.